The van der Waals surface area contributed by atoms with Gasteiger partial charge >= 0.3 is 0 Å². The lowest BCUT2D eigenvalue weighted by Crippen LogP contribution is -2.56. The number of halogens is 1. The van der Waals surface area contributed by atoms with Gasteiger partial charge in [0.2, 0.25) is 0 Å². The van der Waals surface area contributed by atoms with Gasteiger partial charge in [0.1, 0.15) is 0 Å². The lowest BCUT2D eigenvalue weighted by molar-refractivity contribution is 0.0641. The van der Waals surface area contributed by atoms with Gasteiger partial charge in [0.05, 0.1) is 22.9 Å². The molecule has 0 bridgehead atoms. The molecule has 4 N–H and O–H groups in total. The van der Waals surface area contributed by atoms with Crippen LogP contribution < -0.4 is 11.1 Å². The van der Waals surface area contributed by atoms with E-state index in [1.165, 1.54) is 6.07 Å². The highest BCUT2D eigenvalue weighted by Crippen LogP contribution is 2.31. The Morgan fingerprint density at radius 2 is 2.24 bits per heavy atom. The molecular formula is C12H15ClN2O2. The second-order valence-electron chi connectivity index (χ2n) is 4.48. The Kier molecular flexibility index (Phi) is 3.26. The summed E-state index contributed by atoms with van der Waals surface area (Å²) in [6, 6.07) is 4.76. The highest BCUT2D eigenvalue weighted by Gasteiger charge is 2.37. The first-order chi connectivity index (χ1) is 8.06. The number of aliphatic hydroxyl groups is 1. The summed E-state index contributed by atoms with van der Waals surface area (Å²) in [5.74, 6) is -0.222. The smallest absolute Gasteiger partial charge is 0.251 e. The van der Waals surface area contributed by atoms with Gasteiger partial charge in [-0.1, -0.05) is 11.6 Å². The summed E-state index contributed by atoms with van der Waals surface area (Å²) in [6.07, 6.45) is 2.67. The maximum Gasteiger partial charge on any atom is 0.251 e. The number of aliphatic hydroxyl groups excluding tert-OH is 1. The summed E-state index contributed by atoms with van der Waals surface area (Å²) in [5, 5.41) is 12.5. The normalized spacial score (nSPS) is 17.3. The van der Waals surface area contributed by atoms with Gasteiger partial charge in [0.25, 0.3) is 5.91 Å². The Balaban J connectivity index is 2.11. The minimum absolute atomic E-state index is 0.0263. The fourth-order valence-electron chi connectivity index (χ4n) is 1.91. The predicted molar refractivity (Wildman–Crippen MR) is 67.0 cm³/mol. The molecule has 0 unspecified atom stereocenters. The Hall–Kier alpha value is -1.26. The number of amides is 1. The molecule has 0 spiro atoms. The van der Waals surface area contributed by atoms with Crippen molar-refractivity contribution in [3.05, 3.63) is 28.8 Å². The van der Waals surface area contributed by atoms with Gasteiger partial charge in [-0.05, 0) is 37.5 Å². The zero-order valence-corrected chi connectivity index (χ0v) is 10.1. The second kappa shape index (κ2) is 4.55. The van der Waals surface area contributed by atoms with Crippen molar-refractivity contribution in [1.29, 1.82) is 0 Å². The Morgan fingerprint density at radius 3 is 2.71 bits per heavy atom. The Morgan fingerprint density at radius 1 is 1.53 bits per heavy atom. The van der Waals surface area contributed by atoms with E-state index in [2.05, 4.69) is 5.32 Å². The Labute approximate surface area is 105 Å². The molecule has 0 atom stereocenters. The maximum absolute atomic E-state index is 12.0. The zero-order valence-electron chi connectivity index (χ0n) is 9.37. The molecule has 0 aliphatic heterocycles. The molecule has 1 saturated carbocycles. The standard InChI is InChI=1S/C12H15ClN2O2/c13-9-6-8(2-3-10(9)14)11(17)15-12(7-16)4-1-5-12/h2-3,6,16H,1,4-5,7,14H2,(H,15,17). The van der Waals surface area contributed by atoms with Crippen molar-refractivity contribution in [2.75, 3.05) is 12.3 Å². The number of carbonyl (C=O) groups is 1. The summed E-state index contributed by atoms with van der Waals surface area (Å²) in [4.78, 5) is 12.0. The van der Waals surface area contributed by atoms with Crippen LogP contribution in [0.1, 0.15) is 29.6 Å². The molecule has 2 rings (SSSR count). The fraction of sp³-hybridized carbons (Fsp3) is 0.417. The predicted octanol–water partition coefficient (Wildman–Crippen LogP) is 1.57. The molecule has 0 heterocycles. The van der Waals surface area contributed by atoms with Crippen LogP contribution in [0.25, 0.3) is 0 Å². The van der Waals surface area contributed by atoms with E-state index < -0.39 is 5.54 Å². The van der Waals surface area contributed by atoms with Gasteiger partial charge in [0, 0.05) is 5.56 Å². The zero-order chi connectivity index (χ0) is 12.5. The highest BCUT2D eigenvalue weighted by molar-refractivity contribution is 6.33. The molecular weight excluding hydrogens is 240 g/mol. The van der Waals surface area contributed by atoms with E-state index in [1.54, 1.807) is 12.1 Å². The van der Waals surface area contributed by atoms with Crippen molar-refractivity contribution in [3.8, 4) is 0 Å². The van der Waals surface area contributed by atoms with Crippen molar-refractivity contribution in [2.45, 2.75) is 24.8 Å². The van der Waals surface area contributed by atoms with Crippen molar-refractivity contribution in [2.24, 2.45) is 0 Å². The highest BCUT2D eigenvalue weighted by atomic mass is 35.5. The van der Waals surface area contributed by atoms with Crippen LogP contribution in [0, 0.1) is 0 Å². The van der Waals surface area contributed by atoms with Crippen LogP contribution in [0.3, 0.4) is 0 Å². The quantitative estimate of drug-likeness (QED) is 0.717. The van der Waals surface area contributed by atoms with Crippen LogP contribution in [-0.4, -0.2) is 23.2 Å². The number of carbonyl (C=O) groups excluding carboxylic acids is 1. The monoisotopic (exact) mass is 254 g/mol. The third-order valence-electron chi connectivity index (χ3n) is 3.25. The van der Waals surface area contributed by atoms with Gasteiger partial charge in [-0.15, -0.1) is 0 Å². The molecule has 0 saturated heterocycles. The third kappa shape index (κ3) is 2.37. The van der Waals surface area contributed by atoms with E-state index >= 15 is 0 Å². The molecule has 0 radical (unpaired) electrons. The molecule has 17 heavy (non-hydrogen) atoms. The Bertz CT molecular complexity index is 439. The topological polar surface area (TPSA) is 75.4 Å². The largest absolute Gasteiger partial charge is 0.398 e. The summed E-state index contributed by atoms with van der Waals surface area (Å²) < 4.78 is 0. The molecule has 0 aromatic heterocycles. The number of nitrogen functional groups attached to an aromatic ring is 1. The number of hydrogen-bond acceptors (Lipinski definition) is 3. The van der Waals surface area contributed by atoms with E-state index in [4.69, 9.17) is 17.3 Å². The maximum atomic E-state index is 12.0. The van der Waals surface area contributed by atoms with Crippen LogP contribution in [-0.2, 0) is 0 Å². The van der Waals surface area contributed by atoms with E-state index in [0.717, 1.165) is 19.3 Å². The van der Waals surface area contributed by atoms with Crippen molar-refractivity contribution >= 4 is 23.2 Å². The van der Waals surface area contributed by atoms with Gasteiger partial charge in [-0.25, -0.2) is 0 Å². The second-order valence-corrected chi connectivity index (χ2v) is 4.89. The number of benzene rings is 1. The number of nitrogens with two attached hydrogens (primary N) is 1. The SMILES string of the molecule is Nc1ccc(C(=O)NC2(CO)CCC2)cc1Cl. The van der Waals surface area contributed by atoms with E-state index in [1.807, 2.05) is 0 Å². The van der Waals surface area contributed by atoms with Crippen LogP contribution in [0.2, 0.25) is 5.02 Å². The molecule has 1 aromatic carbocycles. The molecule has 92 valence electrons. The number of rotatable bonds is 3. The van der Waals surface area contributed by atoms with Gasteiger partial charge in [-0.3, -0.25) is 4.79 Å². The van der Waals surface area contributed by atoms with Crippen LogP contribution >= 0.6 is 11.6 Å². The molecule has 5 heteroatoms. The first-order valence-electron chi connectivity index (χ1n) is 5.55. The summed E-state index contributed by atoms with van der Waals surface area (Å²) in [6.45, 7) is -0.0263. The molecule has 1 aliphatic carbocycles. The van der Waals surface area contributed by atoms with Gasteiger partial charge in [-0.2, -0.15) is 0 Å². The summed E-state index contributed by atoms with van der Waals surface area (Å²) in [5.41, 5.74) is 6.05. The van der Waals surface area contributed by atoms with Crippen molar-refractivity contribution < 1.29 is 9.90 Å². The number of nitrogens with one attached hydrogen (secondary N) is 1. The molecule has 1 aromatic rings. The number of anilines is 1. The average molecular weight is 255 g/mol. The third-order valence-corrected chi connectivity index (χ3v) is 3.58. The molecule has 1 fully saturated rings. The lowest BCUT2D eigenvalue weighted by Gasteiger charge is -2.40. The van der Waals surface area contributed by atoms with E-state index in [-0.39, 0.29) is 12.5 Å². The van der Waals surface area contributed by atoms with Crippen LogP contribution in [0.15, 0.2) is 18.2 Å². The number of hydrogen-bond donors (Lipinski definition) is 3. The van der Waals surface area contributed by atoms with Crippen LogP contribution in [0.5, 0.6) is 0 Å². The first-order valence-corrected chi connectivity index (χ1v) is 5.92. The molecule has 4 nitrogen and oxygen atoms in total. The fourth-order valence-corrected chi connectivity index (χ4v) is 2.09. The van der Waals surface area contributed by atoms with Gasteiger partial charge < -0.3 is 16.2 Å². The average Bonchev–Trinajstić information content (AvgIpc) is 2.27. The minimum Gasteiger partial charge on any atom is -0.398 e. The summed E-state index contributed by atoms with van der Waals surface area (Å²) >= 11 is 5.86. The van der Waals surface area contributed by atoms with E-state index in [0.29, 0.717) is 16.3 Å². The lowest BCUT2D eigenvalue weighted by atomic mass is 9.77. The molecule has 1 amide bonds. The summed E-state index contributed by atoms with van der Waals surface area (Å²) in [7, 11) is 0. The molecule has 1 aliphatic rings. The van der Waals surface area contributed by atoms with Gasteiger partial charge in [0.15, 0.2) is 0 Å². The van der Waals surface area contributed by atoms with Crippen LogP contribution in [0.4, 0.5) is 5.69 Å². The van der Waals surface area contributed by atoms with E-state index in [9.17, 15) is 9.90 Å². The minimum atomic E-state index is -0.440. The first kappa shape index (κ1) is 12.2. The van der Waals surface area contributed by atoms with Crippen molar-refractivity contribution in [1.82, 2.24) is 5.32 Å². The van der Waals surface area contributed by atoms with Crippen molar-refractivity contribution in [3.63, 3.8) is 0 Å².